The van der Waals surface area contributed by atoms with E-state index in [2.05, 4.69) is 30.5 Å². The summed E-state index contributed by atoms with van der Waals surface area (Å²) in [4.78, 5) is 21.8. The van der Waals surface area contributed by atoms with Gasteiger partial charge in [-0.15, -0.1) is 11.8 Å². The second-order valence-electron chi connectivity index (χ2n) is 8.89. The van der Waals surface area contributed by atoms with Crippen LogP contribution in [0.2, 0.25) is 0 Å². The topological polar surface area (TPSA) is 55.6 Å². The molecule has 3 aromatic carbocycles. The number of aromatic nitrogens is 1. The minimum Gasteiger partial charge on any atom is -0.497 e. The van der Waals surface area contributed by atoms with Crippen LogP contribution in [0.1, 0.15) is 27.2 Å². The number of nitrogens with zero attached hydrogens (tertiary/aromatic N) is 2. The molecule has 0 saturated heterocycles. The van der Waals surface area contributed by atoms with E-state index in [0.717, 1.165) is 49.7 Å². The molecular formula is C31H28N2O3S. The average molecular weight is 509 g/mol. The minimum atomic E-state index is -0.0641. The summed E-state index contributed by atoms with van der Waals surface area (Å²) in [6.07, 6.45) is 3.69. The summed E-state index contributed by atoms with van der Waals surface area (Å²) in [7, 11) is 1.66. The minimum absolute atomic E-state index is 0.0641. The number of carbonyl (C=O) groups excluding carboxylic acids is 1. The summed E-state index contributed by atoms with van der Waals surface area (Å²) in [5.41, 5.74) is 5.37. The molecule has 0 atom stereocenters. The largest absolute Gasteiger partial charge is 0.497 e. The van der Waals surface area contributed by atoms with Crippen molar-refractivity contribution >= 4 is 28.6 Å². The van der Waals surface area contributed by atoms with Crippen LogP contribution in [0.5, 0.6) is 5.75 Å². The highest BCUT2D eigenvalue weighted by Crippen LogP contribution is 2.31. The molecule has 0 N–H and O–H groups in total. The fourth-order valence-electron chi connectivity index (χ4n) is 4.33. The van der Waals surface area contributed by atoms with E-state index >= 15 is 0 Å². The molecule has 0 fully saturated rings. The van der Waals surface area contributed by atoms with E-state index in [-0.39, 0.29) is 5.91 Å². The van der Waals surface area contributed by atoms with Crippen molar-refractivity contribution < 1.29 is 13.9 Å². The lowest BCUT2D eigenvalue weighted by Crippen LogP contribution is -2.30. The number of ether oxygens (including phenoxy) is 1. The van der Waals surface area contributed by atoms with E-state index in [9.17, 15) is 4.79 Å². The molecule has 5 rings (SSSR count). The Bertz CT molecular complexity index is 1530. The molecule has 186 valence electrons. The number of aryl methyl sites for hydroxylation is 1. The summed E-state index contributed by atoms with van der Waals surface area (Å²) in [5.74, 6) is 1.42. The number of furan rings is 1. The first-order chi connectivity index (χ1) is 18.0. The van der Waals surface area contributed by atoms with Crippen LogP contribution in [0.15, 0.2) is 101 Å². The Morgan fingerprint density at radius 2 is 1.81 bits per heavy atom. The van der Waals surface area contributed by atoms with Crippen LogP contribution < -0.4 is 4.74 Å². The van der Waals surface area contributed by atoms with Gasteiger partial charge in [-0.1, -0.05) is 35.9 Å². The lowest BCUT2D eigenvalue weighted by Gasteiger charge is -2.24. The van der Waals surface area contributed by atoms with Gasteiger partial charge in [-0.25, -0.2) is 4.98 Å². The Morgan fingerprint density at radius 1 is 0.973 bits per heavy atom. The van der Waals surface area contributed by atoms with Gasteiger partial charge in [-0.3, -0.25) is 4.79 Å². The lowest BCUT2D eigenvalue weighted by molar-refractivity contribution is 0.0718. The standard InChI is InChI=1S/C31H28N2O3S/c1-21-9-11-22(12-10-21)31(34)33(20-27-8-5-15-36-27)19-25-16-23-13-14-28(37-3)18-29(23)32-30(25)24-6-4-7-26(17-24)35-2/h4-18H,19-20H2,1-3H3. The van der Waals surface area contributed by atoms with Crippen molar-refractivity contribution in [2.24, 2.45) is 0 Å². The average Bonchev–Trinajstić information content (AvgIpc) is 3.45. The van der Waals surface area contributed by atoms with Crippen LogP contribution in [0.3, 0.4) is 0 Å². The third-order valence-corrected chi connectivity index (χ3v) is 7.05. The molecular weight excluding hydrogens is 480 g/mol. The monoisotopic (exact) mass is 508 g/mol. The number of amides is 1. The predicted molar refractivity (Wildman–Crippen MR) is 149 cm³/mol. The molecule has 0 radical (unpaired) electrons. The number of carbonyl (C=O) groups is 1. The van der Waals surface area contributed by atoms with Crippen LogP contribution in [0.25, 0.3) is 22.2 Å². The molecule has 5 nitrogen and oxygen atoms in total. The van der Waals surface area contributed by atoms with Crippen molar-refractivity contribution in [2.45, 2.75) is 24.9 Å². The van der Waals surface area contributed by atoms with Gasteiger partial charge < -0.3 is 14.1 Å². The van der Waals surface area contributed by atoms with Gasteiger partial charge in [0.25, 0.3) is 5.91 Å². The van der Waals surface area contributed by atoms with Crippen molar-refractivity contribution in [1.82, 2.24) is 9.88 Å². The number of benzene rings is 3. The lowest BCUT2D eigenvalue weighted by atomic mass is 10.0. The zero-order chi connectivity index (χ0) is 25.8. The molecule has 37 heavy (non-hydrogen) atoms. The number of pyridine rings is 1. The van der Waals surface area contributed by atoms with E-state index in [4.69, 9.17) is 14.1 Å². The van der Waals surface area contributed by atoms with Crippen LogP contribution in [0, 0.1) is 6.92 Å². The number of rotatable bonds is 8. The molecule has 0 aliphatic rings. The predicted octanol–water partition coefficient (Wildman–Crippen LogP) is 7.38. The third kappa shape index (κ3) is 5.54. The Hall–Kier alpha value is -4.03. The smallest absolute Gasteiger partial charge is 0.254 e. The van der Waals surface area contributed by atoms with E-state index in [1.54, 1.807) is 25.1 Å². The molecule has 6 heteroatoms. The van der Waals surface area contributed by atoms with E-state index in [0.29, 0.717) is 18.7 Å². The first kappa shape index (κ1) is 24.7. The number of thioether (sulfide) groups is 1. The molecule has 2 heterocycles. The Labute approximate surface area is 221 Å². The molecule has 0 spiro atoms. The zero-order valence-electron chi connectivity index (χ0n) is 21.1. The number of fused-ring (bicyclic) bond motifs is 1. The van der Waals surface area contributed by atoms with Gasteiger partial charge in [0.1, 0.15) is 11.5 Å². The molecule has 0 saturated carbocycles. The summed E-state index contributed by atoms with van der Waals surface area (Å²) in [5, 5.41) is 1.03. The maximum atomic E-state index is 13.7. The first-order valence-electron chi connectivity index (χ1n) is 12.0. The molecule has 1 amide bonds. The summed E-state index contributed by atoms with van der Waals surface area (Å²) >= 11 is 1.69. The molecule has 2 aromatic heterocycles. The first-order valence-corrected chi connectivity index (χ1v) is 13.3. The summed E-state index contributed by atoms with van der Waals surface area (Å²) < 4.78 is 11.1. The Morgan fingerprint density at radius 3 is 2.54 bits per heavy atom. The highest BCUT2D eigenvalue weighted by Gasteiger charge is 2.21. The zero-order valence-corrected chi connectivity index (χ0v) is 21.9. The fraction of sp³-hybridized carbons (Fsp3) is 0.161. The normalized spacial score (nSPS) is 11.0. The van der Waals surface area contributed by atoms with Crippen molar-refractivity contribution in [3.63, 3.8) is 0 Å². The molecule has 0 bridgehead atoms. The SMILES string of the molecule is COc1cccc(-c2nc3cc(SC)ccc3cc2CN(Cc2ccco2)C(=O)c2ccc(C)cc2)c1. The highest BCUT2D eigenvalue weighted by molar-refractivity contribution is 7.98. The van der Waals surface area contributed by atoms with Gasteiger partial charge in [0.2, 0.25) is 0 Å². The third-order valence-electron chi connectivity index (χ3n) is 6.32. The molecule has 0 aliphatic heterocycles. The molecule has 0 unspecified atom stereocenters. The van der Waals surface area contributed by atoms with Crippen LogP contribution >= 0.6 is 11.8 Å². The number of hydrogen-bond donors (Lipinski definition) is 0. The van der Waals surface area contributed by atoms with Gasteiger partial charge in [0, 0.05) is 28.0 Å². The maximum absolute atomic E-state index is 13.7. The summed E-state index contributed by atoms with van der Waals surface area (Å²) in [6, 6.07) is 27.7. The Kier molecular flexibility index (Phi) is 7.28. The van der Waals surface area contributed by atoms with Crippen molar-refractivity contribution in [3.05, 3.63) is 114 Å². The van der Waals surface area contributed by atoms with Crippen LogP contribution in [-0.2, 0) is 13.1 Å². The van der Waals surface area contributed by atoms with Gasteiger partial charge >= 0.3 is 0 Å². The van der Waals surface area contributed by atoms with Gasteiger partial charge in [0.15, 0.2) is 0 Å². The van der Waals surface area contributed by atoms with E-state index < -0.39 is 0 Å². The highest BCUT2D eigenvalue weighted by atomic mass is 32.2. The van der Waals surface area contributed by atoms with E-state index in [1.807, 2.05) is 72.5 Å². The van der Waals surface area contributed by atoms with Gasteiger partial charge in [-0.05, 0) is 73.3 Å². The van der Waals surface area contributed by atoms with E-state index in [1.165, 1.54) is 0 Å². The maximum Gasteiger partial charge on any atom is 0.254 e. The van der Waals surface area contributed by atoms with Gasteiger partial charge in [0.05, 0.1) is 31.1 Å². The van der Waals surface area contributed by atoms with Crippen LogP contribution in [0.4, 0.5) is 0 Å². The second kappa shape index (κ2) is 10.9. The summed E-state index contributed by atoms with van der Waals surface area (Å²) in [6.45, 7) is 2.73. The fourth-order valence-corrected chi connectivity index (χ4v) is 4.77. The molecule has 0 aliphatic carbocycles. The van der Waals surface area contributed by atoms with Crippen LogP contribution in [-0.4, -0.2) is 29.2 Å². The number of methoxy groups -OCH3 is 1. The number of hydrogen-bond acceptors (Lipinski definition) is 5. The van der Waals surface area contributed by atoms with Crippen molar-refractivity contribution in [2.75, 3.05) is 13.4 Å². The molecule has 5 aromatic rings. The van der Waals surface area contributed by atoms with Crippen molar-refractivity contribution in [3.8, 4) is 17.0 Å². The second-order valence-corrected chi connectivity index (χ2v) is 9.77. The van der Waals surface area contributed by atoms with Gasteiger partial charge in [-0.2, -0.15) is 0 Å². The van der Waals surface area contributed by atoms with Crippen molar-refractivity contribution in [1.29, 1.82) is 0 Å². The Balaban J connectivity index is 1.62. The quantitative estimate of drug-likeness (QED) is 0.205.